The lowest BCUT2D eigenvalue weighted by atomic mass is 9.99. The van der Waals surface area contributed by atoms with Crippen molar-refractivity contribution in [1.29, 1.82) is 0 Å². The third kappa shape index (κ3) is 1.74. The Labute approximate surface area is 100 Å². The lowest BCUT2D eigenvalue weighted by molar-refractivity contribution is 0.0283. The van der Waals surface area contributed by atoms with E-state index in [0.29, 0.717) is 5.69 Å². The number of carbonyl (C=O) groups is 1. The van der Waals surface area contributed by atoms with Gasteiger partial charge in [-0.2, -0.15) is 0 Å². The van der Waals surface area contributed by atoms with Crippen LogP contribution in [0.25, 0.3) is 0 Å². The second-order valence-corrected chi connectivity index (χ2v) is 5.15. The molecule has 1 aromatic rings. The van der Waals surface area contributed by atoms with Gasteiger partial charge in [-0.15, -0.1) is 0 Å². The fourth-order valence-electron chi connectivity index (χ4n) is 3.14. The molecular formula is C12H17N3O2. The zero-order valence-electron chi connectivity index (χ0n) is 9.91. The van der Waals surface area contributed by atoms with Crippen molar-refractivity contribution in [3.05, 3.63) is 18.2 Å². The van der Waals surface area contributed by atoms with Crippen LogP contribution < -0.4 is 0 Å². The van der Waals surface area contributed by atoms with Gasteiger partial charge in [-0.1, -0.05) is 0 Å². The topological polar surface area (TPSA) is 58.4 Å². The summed E-state index contributed by atoms with van der Waals surface area (Å²) in [4.78, 5) is 18.4. The maximum atomic E-state index is 12.3. The Morgan fingerprint density at radius 2 is 2.06 bits per heavy atom. The summed E-state index contributed by atoms with van der Waals surface area (Å²) in [7, 11) is 1.86. The van der Waals surface area contributed by atoms with Crippen molar-refractivity contribution in [2.45, 2.75) is 43.9 Å². The molecule has 2 saturated heterocycles. The molecule has 2 aliphatic heterocycles. The van der Waals surface area contributed by atoms with E-state index in [1.807, 2.05) is 11.9 Å². The summed E-state index contributed by atoms with van der Waals surface area (Å²) in [5.74, 6) is 0.0185. The minimum atomic E-state index is -0.236. The summed E-state index contributed by atoms with van der Waals surface area (Å²) in [6, 6.07) is 0.413. The van der Waals surface area contributed by atoms with E-state index in [1.165, 1.54) is 0 Å². The van der Waals surface area contributed by atoms with Gasteiger partial charge in [0.1, 0.15) is 5.69 Å². The summed E-state index contributed by atoms with van der Waals surface area (Å²) in [5, 5.41) is 9.71. The molecule has 5 heteroatoms. The average molecular weight is 235 g/mol. The van der Waals surface area contributed by atoms with Crippen LogP contribution in [0.4, 0.5) is 0 Å². The van der Waals surface area contributed by atoms with Gasteiger partial charge in [0, 0.05) is 25.3 Å². The number of aromatic nitrogens is 2. The number of rotatable bonds is 1. The average Bonchev–Trinajstić information content (AvgIpc) is 2.81. The van der Waals surface area contributed by atoms with Gasteiger partial charge in [0.2, 0.25) is 0 Å². The van der Waals surface area contributed by atoms with Crippen LogP contribution in [0.2, 0.25) is 0 Å². The lowest BCUT2D eigenvalue weighted by Crippen LogP contribution is -2.48. The SMILES string of the molecule is Cn1cnc(C(=O)N2C3CCC2CC(O)C3)c1. The van der Waals surface area contributed by atoms with Crippen molar-refractivity contribution in [1.82, 2.24) is 14.5 Å². The Balaban J connectivity index is 1.83. The highest BCUT2D eigenvalue weighted by Crippen LogP contribution is 2.36. The number of nitrogens with zero attached hydrogens (tertiary/aromatic N) is 3. The number of aryl methyl sites for hydroxylation is 1. The molecule has 1 amide bonds. The molecule has 1 aromatic heterocycles. The molecule has 2 aliphatic rings. The number of amides is 1. The van der Waals surface area contributed by atoms with E-state index >= 15 is 0 Å². The van der Waals surface area contributed by atoms with Crippen LogP contribution in [0.5, 0.6) is 0 Å². The second kappa shape index (κ2) is 3.84. The fourth-order valence-corrected chi connectivity index (χ4v) is 3.14. The van der Waals surface area contributed by atoms with Gasteiger partial charge in [-0.05, 0) is 25.7 Å². The lowest BCUT2D eigenvalue weighted by Gasteiger charge is -2.36. The molecule has 2 bridgehead atoms. The van der Waals surface area contributed by atoms with Gasteiger partial charge in [-0.3, -0.25) is 4.79 Å². The molecule has 0 radical (unpaired) electrons. The first kappa shape index (κ1) is 10.8. The Morgan fingerprint density at radius 1 is 1.41 bits per heavy atom. The number of piperidine rings is 1. The third-order valence-corrected chi connectivity index (χ3v) is 3.87. The Morgan fingerprint density at radius 3 is 2.59 bits per heavy atom. The molecule has 2 unspecified atom stereocenters. The first-order chi connectivity index (χ1) is 8.15. The summed E-state index contributed by atoms with van der Waals surface area (Å²) in [6.45, 7) is 0. The van der Waals surface area contributed by atoms with Crippen molar-refractivity contribution in [3.8, 4) is 0 Å². The van der Waals surface area contributed by atoms with Crippen molar-refractivity contribution < 1.29 is 9.90 Å². The molecule has 0 spiro atoms. The van der Waals surface area contributed by atoms with E-state index < -0.39 is 0 Å². The Hall–Kier alpha value is -1.36. The molecule has 3 rings (SSSR count). The molecular weight excluding hydrogens is 218 g/mol. The van der Waals surface area contributed by atoms with Crippen molar-refractivity contribution in [3.63, 3.8) is 0 Å². The highest BCUT2D eigenvalue weighted by Gasteiger charge is 2.43. The van der Waals surface area contributed by atoms with Gasteiger partial charge < -0.3 is 14.6 Å². The number of imidazole rings is 1. The third-order valence-electron chi connectivity index (χ3n) is 3.87. The van der Waals surface area contributed by atoms with Crippen molar-refractivity contribution in [2.24, 2.45) is 7.05 Å². The smallest absolute Gasteiger partial charge is 0.274 e. The summed E-state index contributed by atoms with van der Waals surface area (Å²) < 4.78 is 1.79. The van der Waals surface area contributed by atoms with Crippen molar-refractivity contribution >= 4 is 5.91 Å². The number of hydrogen-bond acceptors (Lipinski definition) is 3. The number of aliphatic hydroxyl groups is 1. The largest absolute Gasteiger partial charge is 0.393 e. The van der Waals surface area contributed by atoms with Gasteiger partial charge in [-0.25, -0.2) is 4.98 Å². The highest BCUT2D eigenvalue weighted by atomic mass is 16.3. The number of aliphatic hydroxyl groups excluding tert-OH is 1. The Kier molecular flexibility index (Phi) is 2.43. The monoisotopic (exact) mass is 235 g/mol. The van der Waals surface area contributed by atoms with E-state index in [1.54, 1.807) is 17.1 Å². The van der Waals surface area contributed by atoms with Crippen LogP contribution in [0.15, 0.2) is 12.5 Å². The maximum Gasteiger partial charge on any atom is 0.274 e. The van der Waals surface area contributed by atoms with Crippen LogP contribution in [0.1, 0.15) is 36.2 Å². The highest BCUT2D eigenvalue weighted by molar-refractivity contribution is 5.92. The van der Waals surface area contributed by atoms with Crippen molar-refractivity contribution in [2.75, 3.05) is 0 Å². The number of hydrogen-bond donors (Lipinski definition) is 1. The van der Waals surface area contributed by atoms with E-state index in [9.17, 15) is 9.90 Å². The van der Waals surface area contributed by atoms with Gasteiger partial charge in [0.05, 0.1) is 12.4 Å². The van der Waals surface area contributed by atoms with Crippen LogP contribution >= 0.6 is 0 Å². The minimum Gasteiger partial charge on any atom is -0.393 e. The van der Waals surface area contributed by atoms with Crippen LogP contribution in [-0.4, -0.2) is 43.7 Å². The fraction of sp³-hybridized carbons (Fsp3) is 0.667. The molecule has 3 heterocycles. The zero-order valence-corrected chi connectivity index (χ0v) is 9.91. The van der Waals surface area contributed by atoms with Crippen LogP contribution in [0.3, 0.4) is 0 Å². The molecule has 2 atom stereocenters. The van der Waals surface area contributed by atoms with E-state index in [4.69, 9.17) is 0 Å². The quantitative estimate of drug-likeness (QED) is 0.773. The first-order valence-corrected chi connectivity index (χ1v) is 6.14. The van der Waals surface area contributed by atoms with Gasteiger partial charge >= 0.3 is 0 Å². The molecule has 1 N–H and O–H groups in total. The molecule has 17 heavy (non-hydrogen) atoms. The normalized spacial score (nSPS) is 31.9. The molecule has 2 fully saturated rings. The van der Waals surface area contributed by atoms with Crippen LogP contribution in [0, 0.1) is 0 Å². The summed E-state index contributed by atoms with van der Waals surface area (Å²) in [5.41, 5.74) is 0.515. The summed E-state index contributed by atoms with van der Waals surface area (Å²) in [6.07, 6.45) is 6.63. The van der Waals surface area contributed by atoms with Gasteiger partial charge in [0.25, 0.3) is 5.91 Å². The Bertz CT molecular complexity index is 429. The van der Waals surface area contributed by atoms with E-state index in [0.717, 1.165) is 25.7 Å². The minimum absolute atomic E-state index is 0.0185. The maximum absolute atomic E-state index is 12.3. The zero-order chi connectivity index (χ0) is 12.0. The van der Waals surface area contributed by atoms with Gasteiger partial charge in [0.15, 0.2) is 0 Å². The molecule has 92 valence electrons. The number of fused-ring (bicyclic) bond motifs is 2. The number of carbonyl (C=O) groups excluding carboxylic acids is 1. The second-order valence-electron chi connectivity index (χ2n) is 5.15. The van der Waals surface area contributed by atoms with E-state index in [2.05, 4.69) is 4.98 Å². The molecule has 5 nitrogen and oxygen atoms in total. The predicted molar refractivity (Wildman–Crippen MR) is 61.4 cm³/mol. The predicted octanol–water partition coefficient (Wildman–Crippen LogP) is 0.548. The molecule has 0 aliphatic carbocycles. The molecule has 0 aromatic carbocycles. The molecule has 0 saturated carbocycles. The van der Waals surface area contributed by atoms with Crippen LogP contribution in [-0.2, 0) is 7.05 Å². The van der Waals surface area contributed by atoms with E-state index in [-0.39, 0.29) is 24.1 Å². The standard InChI is InChI=1S/C12H17N3O2/c1-14-6-11(13-7-14)12(17)15-8-2-3-9(15)5-10(16)4-8/h6-10,16H,2-5H2,1H3. The first-order valence-electron chi connectivity index (χ1n) is 6.14. The summed E-state index contributed by atoms with van der Waals surface area (Å²) >= 11 is 0.